The summed E-state index contributed by atoms with van der Waals surface area (Å²) in [5.74, 6) is 0.501. The number of anilines is 1. The monoisotopic (exact) mass is 329 g/mol. The van der Waals surface area contributed by atoms with Crippen molar-refractivity contribution in [2.45, 2.75) is 53.4 Å². The zero-order valence-corrected chi connectivity index (χ0v) is 15.2. The molecular formula is C17H23N5S. The highest BCUT2D eigenvalue weighted by Crippen LogP contribution is 2.36. The first kappa shape index (κ1) is 15.9. The summed E-state index contributed by atoms with van der Waals surface area (Å²) < 4.78 is 1.98. The fraction of sp³-hybridized carbons (Fsp3) is 0.471. The van der Waals surface area contributed by atoms with Gasteiger partial charge in [0.15, 0.2) is 10.8 Å². The molecule has 0 saturated heterocycles. The second kappa shape index (κ2) is 5.92. The van der Waals surface area contributed by atoms with Crippen molar-refractivity contribution < 1.29 is 0 Å². The first-order valence-corrected chi connectivity index (χ1v) is 8.88. The van der Waals surface area contributed by atoms with Crippen molar-refractivity contribution in [1.29, 1.82) is 0 Å². The van der Waals surface area contributed by atoms with E-state index in [9.17, 15) is 0 Å². The van der Waals surface area contributed by atoms with E-state index >= 15 is 0 Å². The van der Waals surface area contributed by atoms with Crippen LogP contribution in [-0.2, 0) is 0 Å². The number of fused-ring (bicyclic) bond motifs is 1. The van der Waals surface area contributed by atoms with Crippen LogP contribution in [-0.4, -0.2) is 19.6 Å². The third-order valence-electron chi connectivity index (χ3n) is 4.36. The number of hydrogen-bond acceptors (Lipinski definition) is 5. The molecule has 122 valence electrons. The number of rotatable bonds is 4. The normalized spacial score (nSPS) is 11.7. The molecule has 0 fully saturated rings. The van der Waals surface area contributed by atoms with E-state index in [0.29, 0.717) is 11.0 Å². The lowest BCUT2D eigenvalue weighted by molar-refractivity contribution is 0.638. The number of imidazole rings is 1. The van der Waals surface area contributed by atoms with Gasteiger partial charge in [0, 0.05) is 5.56 Å². The van der Waals surface area contributed by atoms with Crippen LogP contribution in [0.3, 0.4) is 0 Å². The average Bonchev–Trinajstić information content (AvgIpc) is 2.98. The summed E-state index contributed by atoms with van der Waals surface area (Å²) in [4.78, 5) is 10.2. The van der Waals surface area contributed by atoms with Crippen LogP contribution in [0.1, 0.15) is 55.3 Å². The van der Waals surface area contributed by atoms with E-state index in [1.165, 1.54) is 16.9 Å². The number of aryl methyl sites for hydroxylation is 3. The Balaban J connectivity index is 2.33. The second-order valence-electron chi connectivity index (χ2n) is 6.00. The van der Waals surface area contributed by atoms with Gasteiger partial charge < -0.3 is 5.73 Å². The first-order valence-electron chi connectivity index (χ1n) is 8.06. The summed E-state index contributed by atoms with van der Waals surface area (Å²) >= 11 is 1.50. The molecule has 0 radical (unpaired) electrons. The summed E-state index contributed by atoms with van der Waals surface area (Å²) in [5, 5.41) is 5.31. The van der Waals surface area contributed by atoms with Gasteiger partial charge in [0.25, 0.3) is 0 Å². The molecule has 6 heteroatoms. The Morgan fingerprint density at radius 3 is 2.39 bits per heavy atom. The number of hydrogen-bond donors (Lipinski definition) is 1. The molecule has 0 atom stereocenters. The summed E-state index contributed by atoms with van der Waals surface area (Å²) in [5.41, 5.74) is 12.1. The van der Waals surface area contributed by atoms with Gasteiger partial charge >= 0.3 is 0 Å². The van der Waals surface area contributed by atoms with Crippen LogP contribution in [0, 0.1) is 20.8 Å². The lowest BCUT2D eigenvalue weighted by atomic mass is 9.95. The minimum atomic E-state index is 0.501. The van der Waals surface area contributed by atoms with Crippen LogP contribution < -0.4 is 5.73 Å². The van der Waals surface area contributed by atoms with Gasteiger partial charge in [-0.3, -0.25) is 0 Å². The fourth-order valence-corrected chi connectivity index (χ4v) is 4.12. The fourth-order valence-electron chi connectivity index (χ4n) is 3.21. The molecule has 0 spiro atoms. The van der Waals surface area contributed by atoms with Gasteiger partial charge in [-0.1, -0.05) is 25.2 Å². The Morgan fingerprint density at radius 2 is 1.83 bits per heavy atom. The lowest BCUT2D eigenvalue weighted by Gasteiger charge is -2.14. The van der Waals surface area contributed by atoms with Gasteiger partial charge in [0.05, 0.1) is 22.0 Å². The van der Waals surface area contributed by atoms with Gasteiger partial charge in [-0.15, -0.1) is 0 Å². The molecular weight excluding hydrogens is 306 g/mol. The predicted molar refractivity (Wildman–Crippen MR) is 96.0 cm³/mol. The van der Waals surface area contributed by atoms with Crippen LogP contribution in [0.4, 0.5) is 5.13 Å². The number of nitrogens with zero attached hydrogens (tertiary/aromatic N) is 4. The maximum Gasteiger partial charge on any atom is 0.180 e. The van der Waals surface area contributed by atoms with Gasteiger partial charge in [0.1, 0.15) is 5.69 Å². The van der Waals surface area contributed by atoms with Gasteiger partial charge in [0.2, 0.25) is 0 Å². The summed E-state index contributed by atoms with van der Waals surface area (Å²) in [6.45, 7) is 10.5. The maximum atomic E-state index is 5.89. The Kier molecular flexibility index (Phi) is 4.10. The van der Waals surface area contributed by atoms with Crippen molar-refractivity contribution >= 4 is 22.1 Å². The Morgan fingerprint density at radius 1 is 1.13 bits per heavy atom. The van der Waals surface area contributed by atoms with Crippen molar-refractivity contribution in [2.24, 2.45) is 0 Å². The molecule has 5 nitrogen and oxygen atoms in total. The molecule has 0 aliphatic carbocycles. The SMILES string of the molecule is CCC(CC)c1cc(C)nn2c(-c3sc(N)nc3C)c(C)nc12. The summed E-state index contributed by atoms with van der Waals surface area (Å²) in [6, 6.07) is 2.18. The molecule has 3 aromatic heterocycles. The van der Waals surface area contributed by atoms with E-state index in [0.717, 1.165) is 46.1 Å². The van der Waals surface area contributed by atoms with E-state index in [4.69, 9.17) is 15.8 Å². The van der Waals surface area contributed by atoms with Crippen molar-refractivity contribution in [2.75, 3.05) is 5.73 Å². The zero-order chi connectivity index (χ0) is 16.7. The summed E-state index contributed by atoms with van der Waals surface area (Å²) in [7, 11) is 0. The summed E-state index contributed by atoms with van der Waals surface area (Å²) in [6.07, 6.45) is 2.20. The third kappa shape index (κ3) is 2.61. The van der Waals surface area contributed by atoms with Crippen LogP contribution in [0.25, 0.3) is 16.2 Å². The van der Waals surface area contributed by atoms with Gasteiger partial charge in [-0.2, -0.15) is 5.10 Å². The van der Waals surface area contributed by atoms with E-state index < -0.39 is 0 Å². The molecule has 0 amide bonds. The number of nitrogen functional groups attached to an aromatic ring is 1. The molecule has 23 heavy (non-hydrogen) atoms. The third-order valence-corrected chi connectivity index (χ3v) is 5.36. The number of aromatic nitrogens is 4. The smallest absolute Gasteiger partial charge is 0.180 e. The van der Waals surface area contributed by atoms with Crippen LogP contribution in [0.2, 0.25) is 0 Å². The van der Waals surface area contributed by atoms with Crippen LogP contribution in [0.5, 0.6) is 0 Å². The molecule has 3 heterocycles. The van der Waals surface area contributed by atoms with Gasteiger partial charge in [-0.05, 0) is 45.6 Å². The van der Waals surface area contributed by atoms with Crippen molar-refractivity contribution in [3.05, 3.63) is 28.7 Å². The topological polar surface area (TPSA) is 69.1 Å². The number of thiazole rings is 1. The second-order valence-corrected chi connectivity index (χ2v) is 7.03. The van der Waals surface area contributed by atoms with E-state index in [-0.39, 0.29) is 0 Å². The molecule has 2 N–H and O–H groups in total. The van der Waals surface area contributed by atoms with Crippen molar-refractivity contribution in [3.63, 3.8) is 0 Å². The minimum absolute atomic E-state index is 0.501. The van der Waals surface area contributed by atoms with E-state index in [1.807, 2.05) is 25.3 Å². The van der Waals surface area contributed by atoms with Crippen molar-refractivity contribution in [3.8, 4) is 10.6 Å². The quantitative estimate of drug-likeness (QED) is 0.776. The van der Waals surface area contributed by atoms with Crippen LogP contribution >= 0.6 is 11.3 Å². The standard InChI is InChI=1S/C17H23N5S/c1-6-12(7-2)13-8-9(3)21-22-14(10(4)19-16(13)22)15-11(5)20-17(18)23-15/h8,12H,6-7H2,1-5H3,(H2,18,20). The molecule has 0 aliphatic heterocycles. The maximum absolute atomic E-state index is 5.89. The van der Waals surface area contributed by atoms with Gasteiger partial charge in [-0.25, -0.2) is 14.5 Å². The number of nitrogens with two attached hydrogens (primary N) is 1. The molecule has 3 rings (SSSR count). The minimum Gasteiger partial charge on any atom is -0.375 e. The molecule has 0 bridgehead atoms. The molecule has 0 unspecified atom stereocenters. The van der Waals surface area contributed by atoms with Crippen molar-refractivity contribution in [1.82, 2.24) is 19.6 Å². The molecule has 0 aromatic carbocycles. The lowest BCUT2D eigenvalue weighted by Crippen LogP contribution is -2.05. The van der Waals surface area contributed by atoms with E-state index in [1.54, 1.807) is 0 Å². The van der Waals surface area contributed by atoms with E-state index in [2.05, 4.69) is 24.9 Å². The Bertz CT molecular complexity index is 858. The average molecular weight is 329 g/mol. The Labute approximate surface area is 140 Å². The molecule has 0 saturated carbocycles. The highest BCUT2D eigenvalue weighted by Gasteiger charge is 2.21. The Hall–Kier alpha value is -1.95. The highest BCUT2D eigenvalue weighted by atomic mass is 32.1. The van der Waals surface area contributed by atoms with Crippen LogP contribution in [0.15, 0.2) is 6.07 Å². The molecule has 0 aliphatic rings. The highest BCUT2D eigenvalue weighted by molar-refractivity contribution is 7.18. The predicted octanol–water partition coefficient (Wildman–Crippen LogP) is 4.26. The largest absolute Gasteiger partial charge is 0.375 e. The molecule has 3 aromatic rings. The first-order chi connectivity index (χ1) is 11.0. The zero-order valence-electron chi connectivity index (χ0n) is 14.3.